The molecule has 1 saturated heterocycles. The van der Waals surface area contributed by atoms with E-state index in [1.54, 1.807) is 6.26 Å². The van der Waals surface area contributed by atoms with Gasteiger partial charge in [0.1, 0.15) is 5.82 Å². The summed E-state index contributed by atoms with van der Waals surface area (Å²) < 4.78 is 5.34. The number of guanidine groups is 1. The minimum Gasteiger partial charge on any atom is -0.461 e. The summed E-state index contributed by atoms with van der Waals surface area (Å²) in [6.45, 7) is 6.69. The van der Waals surface area contributed by atoms with Gasteiger partial charge in [0.25, 0.3) is 0 Å². The lowest BCUT2D eigenvalue weighted by molar-refractivity contribution is 0.255. The van der Waals surface area contributed by atoms with E-state index in [1.807, 2.05) is 23.5 Å². The molecule has 1 atom stereocenters. The highest BCUT2D eigenvalue weighted by molar-refractivity contribution is 14.0. The molecule has 10 heteroatoms. The van der Waals surface area contributed by atoms with E-state index in [-0.39, 0.29) is 24.0 Å². The van der Waals surface area contributed by atoms with Crippen LogP contribution in [0.4, 0.5) is 0 Å². The molecule has 1 aliphatic heterocycles. The van der Waals surface area contributed by atoms with Gasteiger partial charge < -0.3 is 15.1 Å². The molecular formula is C21H30IN7OS. The average molecular weight is 555 g/mol. The number of nitrogens with one attached hydrogen (secondary N) is 3. The number of H-pyrrole nitrogens is 1. The van der Waals surface area contributed by atoms with Gasteiger partial charge in [0, 0.05) is 24.4 Å². The molecule has 1 unspecified atom stereocenters. The standard InChI is InChI=1S/C21H29N7OS.HI/c1-2-22-21(23-10-9-19-25-20(27-26-19)17-7-5-13-29-17)24-15-16(18-8-6-14-30-18)28-11-3-4-12-28;/h5-8,13-14,16H,2-4,9-12,15H2,1H3,(H2,22,23,24)(H,25,26,27);1H. The Balaban J connectivity index is 0.00000272. The molecule has 0 aromatic carbocycles. The van der Waals surface area contributed by atoms with E-state index in [9.17, 15) is 0 Å². The number of halogens is 1. The zero-order valence-corrected chi connectivity index (χ0v) is 20.9. The number of likely N-dealkylation sites (tertiary alicyclic amines) is 1. The maximum atomic E-state index is 5.34. The fraction of sp³-hybridized carbons (Fsp3) is 0.476. The van der Waals surface area contributed by atoms with Crippen LogP contribution in [0, 0.1) is 0 Å². The van der Waals surface area contributed by atoms with Crippen molar-refractivity contribution in [3.05, 3.63) is 46.6 Å². The van der Waals surface area contributed by atoms with E-state index in [0.717, 1.165) is 44.4 Å². The van der Waals surface area contributed by atoms with Crippen LogP contribution in [0.15, 0.2) is 45.3 Å². The van der Waals surface area contributed by atoms with Crippen molar-refractivity contribution in [1.29, 1.82) is 0 Å². The highest BCUT2D eigenvalue weighted by Gasteiger charge is 2.24. The Bertz CT molecular complexity index is 904. The Labute approximate surface area is 204 Å². The monoisotopic (exact) mass is 555 g/mol. The zero-order valence-electron chi connectivity index (χ0n) is 17.7. The molecule has 168 valence electrons. The maximum Gasteiger partial charge on any atom is 0.216 e. The largest absolute Gasteiger partial charge is 0.461 e. The van der Waals surface area contributed by atoms with E-state index < -0.39 is 0 Å². The van der Waals surface area contributed by atoms with Crippen molar-refractivity contribution in [2.75, 3.05) is 32.7 Å². The Kier molecular flexibility index (Phi) is 9.34. The Morgan fingerprint density at radius 2 is 2.16 bits per heavy atom. The van der Waals surface area contributed by atoms with E-state index in [0.29, 0.717) is 24.2 Å². The molecule has 8 nitrogen and oxygen atoms in total. The number of thiophene rings is 1. The van der Waals surface area contributed by atoms with Gasteiger partial charge >= 0.3 is 0 Å². The van der Waals surface area contributed by atoms with Gasteiger partial charge in [-0.05, 0) is 56.4 Å². The van der Waals surface area contributed by atoms with Crippen LogP contribution in [-0.4, -0.2) is 58.8 Å². The van der Waals surface area contributed by atoms with E-state index in [4.69, 9.17) is 9.41 Å². The molecule has 0 saturated carbocycles. The molecule has 1 aliphatic rings. The molecule has 3 N–H and O–H groups in total. The van der Waals surface area contributed by atoms with Crippen LogP contribution < -0.4 is 10.6 Å². The molecule has 0 amide bonds. The van der Waals surface area contributed by atoms with Gasteiger partial charge in [-0.25, -0.2) is 4.98 Å². The summed E-state index contributed by atoms with van der Waals surface area (Å²) in [6.07, 6.45) is 4.90. The molecule has 4 rings (SSSR count). The van der Waals surface area contributed by atoms with Crippen molar-refractivity contribution in [2.45, 2.75) is 32.2 Å². The number of hydrogen-bond acceptors (Lipinski definition) is 6. The van der Waals surface area contributed by atoms with Crippen LogP contribution in [0.25, 0.3) is 11.6 Å². The number of aliphatic imine (C=N–C) groups is 1. The first-order valence-electron chi connectivity index (χ1n) is 10.6. The fourth-order valence-electron chi connectivity index (χ4n) is 3.66. The Hall–Kier alpha value is -1.92. The molecule has 0 radical (unpaired) electrons. The number of aromatic nitrogens is 3. The summed E-state index contributed by atoms with van der Waals surface area (Å²) in [6, 6.07) is 8.39. The van der Waals surface area contributed by atoms with Crippen molar-refractivity contribution in [3.8, 4) is 11.6 Å². The van der Waals surface area contributed by atoms with Crippen molar-refractivity contribution in [3.63, 3.8) is 0 Å². The third-order valence-electron chi connectivity index (χ3n) is 5.15. The molecule has 0 spiro atoms. The van der Waals surface area contributed by atoms with Crippen LogP contribution in [-0.2, 0) is 6.42 Å². The second kappa shape index (κ2) is 12.2. The predicted octanol–water partition coefficient (Wildman–Crippen LogP) is 3.68. The number of hydrogen-bond donors (Lipinski definition) is 3. The topological polar surface area (TPSA) is 94.4 Å². The molecule has 31 heavy (non-hydrogen) atoms. The lowest BCUT2D eigenvalue weighted by Gasteiger charge is -2.25. The SMILES string of the molecule is CCNC(=NCC(c1cccs1)N1CCCC1)NCCc1nc(-c2ccco2)n[nH]1.I. The average Bonchev–Trinajstić information content (AvgIpc) is 3.57. The molecule has 3 aromatic heterocycles. The van der Waals surface area contributed by atoms with Crippen LogP contribution in [0.5, 0.6) is 0 Å². The second-order valence-corrected chi connectivity index (χ2v) is 8.23. The van der Waals surface area contributed by atoms with Crippen LogP contribution in [0.1, 0.15) is 36.5 Å². The third kappa shape index (κ3) is 6.53. The van der Waals surface area contributed by atoms with Crippen LogP contribution in [0.3, 0.4) is 0 Å². The summed E-state index contributed by atoms with van der Waals surface area (Å²) in [5.74, 6) is 2.91. The lowest BCUT2D eigenvalue weighted by atomic mass is 10.2. The fourth-order valence-corrected chi connectivity index (χ4v) is 4.51. The molecule has 0 aliphatic carbocycles. The second-order valence-electron chi connectivity index (χ2n) is 7.25. The highest BCUT2D eigenvalue weighted by atomic mass is 127. The predicted molar refractivity (Wildman–Crippen MR) is 135 cm³/mol. The smallest absolute Gasteiger partial charge is 0.216 e. The highest BCUT2D eigenvalue weighted by Crippen LogP contribution is 2.28. The minimum atomic E-state index is 0. The Morgan fingerprint density at radius 1 is 1.29 bits per heavy atom. The number of rotatable bonds is 9. The van der Waals surface area contributed by atoms with E-state index in [1.165, 1.54) is 17.7 Å². The number of furan rings is 1. The van der Waals surface area contributed by atoms with Crippen LogP contribution in [0.2, 0.25) is 0 Å². The quantitative estimate of drug-likeness (QED) is 0.212. The first-order valence-corrected chi connectivity index (χ1v) is 11.5. The molecule has 3 aromatic rings. The summed E-state index contributed by atoms with van der Waals surface area (Å²) in [5, 5.41) is 16.1. The van der Waals surface area contributed by atoms with Gasteiger partial charge in [-0.15, -0.1) is 35.3 Å². The third-order valence-corrected chi connectivity index (χ3v) is 6.12. The summed E-state index contributed by atoms with van der Waals surface area (Å²) in [7, 11) is 0. The van der Waals surface area contributed by atoms with Crippen LogP contribution >= 0.6 is 35.3 Å². The zero-order chi connectivity index (χ0) is 20.6. The first kappa shape index (κ1) is 23.7. The minimum absolute atomic E-state index is 0. The van der Waals surface area contributed by atoms with E-state index >= 15 is 0 Å². The van der Waals surface area contributed by atoms with Crippen molar-refractivity contribution >= 4 is 41.3 Å². The molecule has 1 fully saturated rings. The maximum absolute atomic E-state index is 5.34. The van der Waals surface area contributed by atoms with Gasteiger partial charge in [-0.3, -0.25) is 15.0 Å². The Morgan fingerprint density at radius 3 is 2.87 bits per heavy atom. The van der Waals surface area contributed by atoms with Crippen molar-refractivity contribution < 1.29 is 4.42 Å². The lowest BCUT2D eigenvalue weighted by Crippen LogP contribution is -2.39. The summed E-state index contributed by atoms with van der Waals surface area (Å²) in [5.41, 5.74) is 0. The van der Waals surface area contributed by atoms with Gasteiger partial charge in [-0.2, -0.15) is 5.10 Å². The molecule has 0 bridgehead atoms. The van der Waals surface area contributed by atoms with Crippen molar-refractivity contribution in [2.24, 2.45) is 4.99 Å². The number of nitrogens with zero attached hydrogens (tertiary/aromatic N) is 4. The van der Waals surface area contributed by atoms with Gasteiger partial charge in [-0.1, -0.05) is 6.07 Å². The summed E-state index contributed by atoms with van der Waals surface area (Å²) >= 11 is 1.82. The number of aromatic amines is 1. The van der Waals surface area contributed by atoms with E-state index in [2.05, 4.69) is 55.2 Å². The summed E-state index contributed by atoms with van der Waals surface area (Å²) in [4.78, 5) is 13.3. The van der Waals surface area contributed by atoms with Gasteiger partial charge in [0.15, 0.2) is 11.7 Å². The first-order chi connectivity index (χ1) is 14.8. The van der Waals surface area contributed by atoms with Gasteiger partial charge in [0.2, 0.25) is 5.82 Å². The molecular weight excluding hydrogens is 525 g/mol. The van der Waals surface area contributed by atoms with Crippen molar-refractivity contribution in [1.82, 2.24) is 30.7 Å². The molecule has 4 heterocycles. The van der Waals surface area contributed by atoms with Gasteiger partial charge in [0.05, 0.1) is 18.8 Å². The normalized spacial score (nSPS) is 15.6.